The van der Waals surface area contributed by atoms with Crippen molar-refractivity contribution in [3.8, 4) is 11.5 Å². The first-order chi connectivity index (χ1) is 8.29. The summed E-state index contributed by atoms with van der Waals surface area (Å²) in [6.07, 6.45) is 0. The smallest absolute Gasteiger partial charge is 0.261 e. The first-order valence-corrected chi connectivity index (χ1v) is 6.57. The van der Waals surface area contributed by atoms with Crippen molar-refractivity contribution in [1.82, 2.24) is 4.90 Å². The molecule has 17 heavy (non-hydrogen) atoms. The predicted octanol–water partition coefficient (Wildman–Crippen LogP) is 1.61. The van der Waals surface area contributed by atoms with Crippen LogP contribution < -0.4 is 9.47 Å². The topological polar surface area (TPSA) is 38.8 Å². The van der Waals surface area contributed by atoms with E-state index in [0.717, 1.165) is 23.9 Å². The van der Waals surface area contributed by atoms with Crippen molar-refractivity contribution < 1.29 is 14.3 Å². The molecule has 2 rings (SSSR count). The number of ether oxygens (including phenoxy) is 2. The molecule has 1 fully saturated rings. The normalized spacial score (nSPS) is 14.8. The third-order valence-corrected chi connectivity index (χ3v) is 3.49. The summed E-state index contributed by atoms with van der Waals surface area (Å²) in [6.45, 7) is 0.933. The van der Waals surface area contributed by atoms with Crippen molar-refractivity contribution in [2.75, 3.05) is 31.9 Å². The minimum absolute atomic E-state index is 0.0471. The first kappa shape index (κ1) is 12.1. The molecule has 0 spiro atoms. The van der Waals surface area contributed by atoms with Gasteiger partial charge in [0.25, 0.3) is 5.91 Å². The van der Waals surface area contributed by atoms with Gasteiger partial charge in [-0.05, 0) is 24.3 Å². The van der Waals surface area contributed by atoms with E-state index < -0.39 is 0 Å². The van der Waals surface area contributed by atoms with Gasteiger partial charge in [-0.25, -0.2) is 0 Å². The number of hydrogen-bond acceptors (Lipinski definition) is 4. The minimum Gasteiger partial charge on any atom is -0.497 e. The van der Waals surface area contributed by atoms with E-state index in [4.69, 9.17) is 9.47 Å². The molecular weight excluding hydrogens is 238 g/mol. The minimum atomic E-state index is 0.0471. The summed E-state index contributed by atoms with van der Waals surface area (Å²) in [7, 11) is 1.62. The Morgan fingerprint density at radius 2 is 2.06 bits per heavy atom. The van der Waals surface area contributed by atoms with Crippen LogP contribution in [0.5, 0.6) is 11.5 Å². The summed E-state index contributed by atoms with van der Waals surface area (Å²) in [5.74, 6) is 3.32. The Kier molecular flexibility index (Phi) is 4.14. The summed E-state index contributed by atoms with van der Waals surface area (Å²) in [5.41, 5.74) is 0. The molecule has 1 aromatic rings. The maximum Gasteiger partial charge on any atom is 0.261 e. The second kappa shape index (κ2) is 5.82. The lowest BCUT2D eigenvalue weighted by Crippen LogP contribution is -2.32. The molecule has 1 saturated heterocycles. The highest BCUT2D eigenvalue weighted by Gasteiger charge is 2.18. The summed E-state index contributed by atoms with van der Waals surface area (Å²) >= 11 is 1.77. The fourth-order valence-electron chi connectivity index (χ4n) is 1.52. The van der Waals surface area contributed by atoms with Crippen molar-refractivity contribution >= 4 is 17.7 Å². The zero-order valence-electron chi connectivity index (χ0n) is 9.72. The van der Waals surface area contributed by atoms with Crippen LogP contribution in [-0.4, -0.2) is 42.7 Å². The average Bonchev–Trinajstić information content (AvgIpc) is 2.90. The largest absolute Gasteiger partial charge is 0.497 e. The molecule has 4 nitrogen and oxygen atoms in total. The molecule has 0 radical (unpaired) electrons. The van der Waals surface area contributed by atoms with E-state index in [1.165, 1.54) is 0 Å². The van der Waals surface area contributed by atoms with Gasteiger partial charge in [-0.3, -0.25) is 4.79 Å². The lowest BCUT2D eigenvalue weighted by atomic mass is 10.3. The van der Waals surface area contributed by atoms with Gasteiger partial charge >= 0.3 is 0 Å². The second-order valence-electron chi connectivity index (χ2n) is 3.66. The molecule has 92 valence electrons. The third-order valence-electron chi connectivity index (χ3n) is 2.53. The lowest BCUT2D eigenvalue weighted by Gasteiger charge is -2.14. The molecule has 5 heteroatoms. The van der Waals surface area contributed by atoms with Crippen LogP contribution >= 0.6 is 11.8 Å². The van der Waals surface area contributed by atoms with Gasteiger partial charge in [-0.1, -0.05) is 0 Å². The van der Waals surface area contributed by atoms with Gasteiger partial charge in [0.1, 0.15) is 11.5 Å². The zero-order valence-corrected chi connectivity index (χ0v) is 10.5. The molecule has 0 unspecified atom stereocenters. The van der Waals surface area contributed by atoms with Gasteiger partial charge in [0, 0.05) is 12.3 Å². The van der Waals surface area contributed by atoms with E-state index in [-0.39, 0.29) is 12.5 Å². The van der Waals surface area contributed by atoms with E-state index in [1.807, 2.05) is 17.0 Å². The molecule has 0 bridgehead atoms. The quantitative estimate of drug-likeness (QED) is 0.817. The highest BCUT2D eigenvalue weighted by Crippen LogP contribution is 2.18. The van der Waals surface area contributed by atoms with Crippen LogP contribution in [0.2, 0.25) is 0 Å². The molecule has 0 saturated carbocycles. The highest BCUT2D eigenvalue weighted by molar-refractivity contribution is 7.99. The second-order valence-corrected chi connectivity index (χ2v) is 4.73. The van der Waals surface area contributed by atoms with E-state index in [9.17, 15) is 4.79 Å². The number of thioether (sulfide) groups is 1. The number of methoxy groups -OCH3 is 1. The van der Waals surface area contributed by atoms with Crippen molar-refractivity contribution in [3.63, 3.8) is 0 Å². The SMILES string of the molecule is COc1ccc(OCC(=O)N2CCSC2)cc1. The summed E-state index contributed by atoms with van der Waals surface area (Å²) in [5, 5.41) is 0. The number of rotatable bonds is 4. The van der Waals surface area contributed by atoms with Crippen molar-refractivity contribution in [3.05, 3.63) is 24.3 Å². The van der Waals surface area contributed by atoms with Crippen LogP contribution in [-0.2, 0) is 4.79 Å². The van der Waals surface area contributed by atoms with Crippen molar-refractivity contribution in [2.45, 2.75) is 0 Å². The third kappa shape index (κ3) is 3.30. The van der Waals surface area contributed by atoms with E-state index in [0.29, 0.717) is 5.75 Å². The molecule has 1 heterocycles. The summed E-state index contributed by atoms with van der Waals surface area (Å²) in [4.78, 5) is 13.5. The zero-order chi connectivity index (χ0) is 12.1. The van der Waals surface area contributed by atoms with Crippen LogP contribution in [0.3, 0.4) is 0 Å². The number of amides is 1. The van der Waals surface area contributed by atoms with Crippen LogP contribution in [0, 0.1) is 0 Å². The van der Waals surface area contributed by atoms with Crippen LogP contribution in [0.15, 0.2) is 24.3 Å². The molecule has 0 atom stereocenters. The maximum atomic E-state index is 11.7. The average molecular weight is 253 g/mol. The predicted molar refractivity (Wildman–Crippen MR) is 67.5 cm³/mol. The number of carbonyl (C=O) groups excluding carboxylic acids is 1. The van der Waals surface area contributed by atoms with Gasteiger partial charge in [0.15, 0.2) is 6.61 Å². The fraction of sp³-hybridized carbons (Fsp3) is 0.417. The number of carbonyl (C=O) groups is 1. The maximum absolute atomic E-state index is 11.7. The van der Waals surface area contributed by atoms with E-state index in [2.05, 4.69) is 0 Å². The summed E-state index contributed by atoms with van der Waals surface area (Å²) in [6, 6.07) is 7.22. The number of hydrogen-bond donors (Lipinski definition) is 0. The molecule has 0 aliphatic carbocycles. The molecular formula is C12H15NO3S. The Balaban J connectivity index is 1.82. The standard InChI is InChI=1S/C12H15NO3S/c1-15-10-2-4-11(5-3-10)16-8-12(14)13-6-7-17-9-13/h2-5H,6-9H2,1H3. The van der Waals surface area contributed by atoms with Crippen LogP contribution in [0.25, 0.3) is 0 Å². The molecule has 0 aromatic heterocycles. The number of nitrogens with zero attached hydrogens (tertiary/aromatic N) is 1. The van der Waals surface area contributed by atoms with Gasteiger partial charge in [0.2, 0.25) is 0 Å². The first-order valence-electron chi connectivity index (χ1n) is 5.42. The lowest BCUT2D eigenvalue weighted by molar-refractivity contribution is -0.131. The summed E-state index contributed by atoms with van der Waals surface area (Å²) < 4.78 is 10.5. The van der Waals surface area contributed by atoms with Gasteiger partial charge in [-0.2, -0.15) is 0 Å². The Bertz CT molecular complexity index is 374. The number of benzene rings is 1. The molecule has 0 N–H and O–H groups in total. The fourth-order valence-corrected chi connectivity index (χ4v) is 2.49. The molecule has 1 aliphatic rings. The molecule has 1 aliphatic heterocycles. The molecule has 1 amide bonds. The Morgan fingerprint density at radius 3 is 2.65 bits per heavy atom. The Hall–Kier alpha value is -1.36. The Labute approximate surface area is 105 Å². The van der Waals surface area contributed by atoms with Crippen molar-refractivity contribution in [2.24, 2.45) is 0 Å². The van der Waals surface area contributed by atoms with Gasteiger partial charge in [-0.15, -0.1) is 11.8 Å². The highest BCUT2D eigenvalue weighted by atomic mass is 32.2. The molecule has 1 aromatic carbocycles. The monoisotopic (exact) mass is 253 g/mol. The van der Waals surface area contributed by atoms with Crippen LogP contribution in [0.4, 0.5) is 0 Å². The van der Waals surface area contributed by atoms with Crippen LogP contribution in [0.1, 0.15) is 0 Å². The van der Waals surface area contributed by atoms with Gasteiger partial charge in [0.05, 0.1) is 13.0 Å². The van der Waals surface area contributed by atoms with E-state index in [1.54, 1.807) is 31.0 Å². The van der Waals surface area contributed by atoms with Gasteiger partial charge < -0.3 is 14.4 Å². The van der Waals surface area contributed by atoms with Crippen molar-refractivity contribution in [1.29, 1.82) is 0 Å². The Morgan fingerprint density at radius 1 is 1.35 bits per heavy atom. The van der Waals surface area contributed by atoms with E-state index >= 15 is 0 Å².